The number of H-pyrrole nitrogens is 1. The predicted molar refractivity (Wildman–Crippen MR) is 117 cm³/mol. The maximum absolute atomic E-state index is 12.2. The molecule has 1 aliphatic carbocycles. The molecule has 5 rings (SSSR count). The van der Waals surface area contributed by atoms with Crippen LogP contribution in [0.4, 0.5) is 5.69 Å². The molecule has 3 heterocycles. The Balaban J connectivity index is 1.68. The van der Waals surface area contributed by atoms with Crippen molar-refractivity contribution in [3.63, 3.8) is 0 Å². The Kier molecular flexibility index (Phi) is 4.83. The Morgan fingerprint density at radius 1 is 1.23 bits per heavy atom. The number of nitrogens with one attached hydrogen (secondary N) is 2. The number of aromatic hydroxyl groups is 1. The fourth-order valence-electron chi connectivity index (χ4n) is 4.19. The third kappa shape index (κ3) is 3.61. The third-order valence-electron chi connectivity index (χ3n) is 6.05. The van der Waals surface area contributed by atoms with Gasteiger partial charge in [-0.1, -0.05) is 6.07 Å². The zero-order valence-corrected chi connectivity index (χ0v) is 16.8. The first-order valence-electron chi connectivity index (χ1n) is 10.6. The first-order valence-corrected chi connectivity index (χ1v) is 10.6. The molecule has 2 fully saturated rings. The molecule has 1 aromatic carbocycles. The molecule has 156 valence electrons. The summed E-state index contributed by atoms with van der Waals surface area (Å²) in [5.41, 5.74) is 8.42. The van der Waals surface area contributed by atoms with E-state index in [0.717, 1.165) is 36.9 Å². The minimum absolute atomic E-state index is 0.112. The van der Waals surface area contributed by atoms with E-state index in [1.165, 1.54) is 12.8 Å². The lowest BCUT2D eigenvalue weighted by atomic mass is 9.88. The number of hydrogen-bond acceptors (Lipinski definition) is 6. The molecule has 2 aliphatic rings. The number of nitrogen functional groups attached to an aromatic ring is 1. The van der Waals surface area contributed by atoms with Gasteiger partial charge in [0.05, 0.1) is 23.6 Å². The molecule has 1 saturated carbocycles. The lowest BCUT2D eigenvalue weighted by Gasteiger charge is -2.25. The van der Waals surface area contributed by atoms with E-state index in [1.807, 2.05) is 12.1 Å². The largest absolute Gasteiger partial charge is 0.507 e. The fraction of sp³-hybridized carbons (Fsp3) is 0.391. The molecule has 0 spiro atoms. The van der Waals surface area contributed by atoms with Crippen molar-refractivity contribution in [2.75, 3.05) is 25.4 Å². The highest BCUT2D eigenvalue weighted by molar-refractivity contribution is 5.87. The average Bonchev–Trinajstić information content (AvgIpc) is 3.58. The second-order valence-corrected chi connectivity index (χ2v) is 8.36. The van der Waals surface area contributed by atoms with Gasteiger partial charge in [-0.2, -0.15) is 0 Å². The van der Waals surface area contributed by atoms with Crippen LogP contribution in [0.2, 0.25) is 0 Å². The number of ether oxygens (including phenoxy) is 1. The smallest absolute Gasteiger partial charge is 0.272 e. The molecule has 0 bridgehead atoms. The van der Waals surface area contributed by atoms with Gasteiger partial charge in [-0.3, -0.25) is 4.79 Å². The highest BCUT2D eigenvalue weighted by atomic mass is 16.5. The van der Waals surface area contributed by atoms with Gasteiger partial charge < -0.3 is 25.9 Å². The van der Waals surface area contributed by atoms with Gasteiger partial charge in [0.15, 0.2) is 0 Å². The maximum atomic E-state index is 12.2. The molecule has 7 heteroatoms. The Morgan fingerprint density at radius 2 is 2.10 bits per heavy atom. The molecule has 1 saturated heterocycles. The minimum atomic E-state index is -0.359. The zero-order valence-electron chi connectivity index (χ0n) is 16.8. The van der Waals surface area contributed by atoms with Crippen LogP contribution in [0.25, 0.3) is 22.3 Å². The first-order chi connectivity index (χ1) is 14.6. The summed E-state index contributed by atoms with van der Waals surface area (Å²) in [4.78, 5) is 19.7. The van der Waals surface area contributed by atoms with Gasteiger partial charge in [-0.15, -0.1) is 0 Å². The molecule has 1 unspecified atom stereocenters. The molecule has 3 aromatic rings. The Hall–Kier alpha value is -3.06. The van der Waals surface area contributed by atoms with Crippen LogP contribution in [0.1, 0.15) is 37.2 Å². The van der Waals surface area contributed by atoms with Crippen molar-refractivity contribution >= 4 is 16.7 Å². The topological polar surface area (TPSA) is 113 Å². The number of aromatic nitrogens is 2. The molecule has 30 heavy (non-hydrogen) atoms. The molecule has 0 amide bonds. The Bertz CT molecular complexity index is 1150. The number of pyridine rings is 2. The normalized spacial score (nSPS) is 19.1. The molecule has 5 N–H and O–H groups in total. The standard InChI is InChI=1S/C23H26N4O3/c24-17-9-16-15(14-3-2-8-25-11-14)10-18(26-22(16)27-23(17)29)21-19(28)4-1-5-20(21)30-12-13-6-7-13/h1,4-5,9-10,13-14,25,28H,2-3,6-8,11-12,24H2,(H,26,27,29). The summed E-state index contributed by atoms with van der Waals surface area (Å²) in [6, 6.07) is 8.99. The van der Waals surface area contributed by atoms with Gasteiger partial charge >= 0.3 is 0 Å². The van der Waals surface area contributed by atoms with E-state index in [-0.39, 0.29) is 22.9 Å². The van der Waals surface area contributed by atoms with Gasteiger partial charge in [0.25, 0.3) is 5.56 Å². The Morgan fingerprint density at radius 3 is 2.87 bits per heavy atom. The maximum Gasteiger partial charge on any atom is 0.272 e. The summed E-state index contributed by atoms with van der Waals surface area (Å²) >= 11 is 0. The molecule has 2 aromatic heterocycles. The van der Waals surface area contributed by atoms with E-state index in [1.54, 1.807) is 18.2 Å². The molecule has 1 aliphatic heterocycles. The predicted octanol–water partition coefficient (Wildman–Crippen LogP) is 3.13. The van der Waals surface area contributed by atoms with Gasteiger partial charge in [0.1, 0.15) is 17.1 Å². The highest BCUT2D eigenvalue weighted by Gasteiger charge is 2.25. The van der Waals surface area contributed by atoms with E-state index in [0.29, 0.717) is 35.2 Å². The summed E-state index contributed by atoms with van der Waals surface area (Å²) in [5.74, 6) is 1.59. The minimum Gasteiger partial charge on any atom is -0.507 e. The van der Waals surface area contributed by atoms with E-state index in [4.69, 9.17) is 15.5 Å². The monoisotopic (exact) mass is 406 g/mol. The number of piperidine rings is 1. The second kappa shape index (κ2) is 7.65. The van der Waals surface area contributed by atoms with Crippen LogP contribution in [0.15, 0.2) is 35.1 Å². The van der Waals surface area contributed by atoms with E-state index in [2.05, 4.69) is 10.3 Å². The summed E-state index contributed by atoms with van der Waals surface area (Å²) in [7, 11) is 0. The van der Waals surface area contributed by atoms with Crippen molar-refractivity contribution in [3.05, 3.63) is 46.2 Å². The number of fused-ring (bicyclic) bond motifs is 1. The van der Waals surface area contributed by atoms with Crippen LogP contribution < -0.4 is 21.3 Å². The van der Waals surface area contributed by atoms with Crippen LogP contribution >= 0.6 is 0 Å². The van der Waals surface area contributed by atoms with Crippen LogP contribution in [0, 0.1) is 5.92 Å². The number of rotatable bonds is 5. The molecule has 0 radical (unpaired) electrons. The van der Waals surface area contributed by atoms with Gasteiger partial charge in [0.2, 0.25) is 0 Å². The summed E-state index contributed by atoms with van der Waals surface area (Å²) < 4.78 is 6.03. The number of anilines is 1. The third-order valence-corrected chi connectivity index (χ3v) is 6.05. The highest BCUT2D eigenvalue weighted by Crippen LogP contribution is 2.41. The summed E-state index contributed by atoms with van der Waals surface area (Å²) in [5, 5.41) is 15.0. The van der Waals surface area contributed by atoms with Crippen molar-refractivity contribution in [2.24, 2.45) is 5.92 Å². The van der Waals surface area contributed by atoms with Gasteiger partial charge in [-0.05, 0) is 73.9 Å². The number of phenols is 1. The van der Waals surface area contributed by atoms with Crippen LogP contribution in [-0.2, 0) is 0 Å². The SMILES string of the molecule is Nc1cc2c(C3CCCNC3)cc(-c3c(O)cccc3OCC3CC3)nc2[nH]c1=O. The van der Waals surface area contributed by atoms with Crippen molar-refractivity contribution in [1.82, 2.24) is 15.3 Å². The van der Waals surface area contributed by atoms with Crippen LogP contribution in [0.3, 0.4) is 0 Å². The van der Waals surface area contributed by atoms with E-state index in [9.17, 15) is 9.90 Å². The molecular weight excluding hydrogens is 380 g/mol. The van der Waals surface area contributed by atoms with Crippen molar-refractivity contribution < 1.29 is 9.84 Å². The lowest BCUT2D eigenvalue weighted by Crippen LogP contribution is -2.28. The summed E-state index contributed by atoms with van der Waals surface area (Å²) in [6.07, 6.45) is 4.49. The number of benzene rings is 1. The molecule has 7 nitrogen and oxygen atoms in total. The lowest BCUT2D eigenvalue weighted by molar-refractivity contribution is 0.299. The first kappa shape index (κ1) is 18.9. The molecule has 1 atom stereocenters. The van der Waals surface area contributed by atoms with E-state index >= 15 is 0 Å². The van der Waals surface area contributed by atoms with Crippen molar-refractivity contribution in [2.45, 2.75) is 31.6 Å². The summed E-state index contributed by atoms with van der Waals surface area (Å²) in [6.45, 7) is 2.49. The fourth-order valence-corrected chi connectivity index (χ4v) is 4.19. The van der Waals surface area contributed by atoms with Gasteiger partial charge in [-0.25, -0.2) is 4.98 Å². The number of phenolic OH excluding ortho intramolecular Hbond substituents is 1. The van der Waals surface area contributed by atoms with Gasteiger partial charge in [0, 0.05) is 11.9 Å². The zero-order chi connectivity index (χ0) is 20.7. The quantitative estimate of drug-likeness (QED) is 0.518. The van der Waals surface area contributed by atoms with Crippen molar-refractivity contribution in [3.8, 4) is 22.8 Å². The number of aromatic amines is 1. The average molecular weight is 406 g/mol. The molecular formula is C23H26N4O3. The number of nitrogens with zero attached hydrogens (tertiary/aromatic N) is 1. The van der Waals surface area contributed by atoms with Crippen LogP contribution in [-0.4, -0.2) is 34.8 Å². The van der Waals surface area contributed by atoms with Crippen LogP contribution in [0.5, 0.6) is 11.5 Å². The number of nitrogens with two attached hydrogens (primary N) is 1. The van der Waals surface area contributed by atoms with E-state index < -0.39 is 0 Å². The second-order valence-electron chi connectivity index (χ2n) is 8.36. The number of hydrogen-bond donors (Lipinski definition) is 4. The Labute approximate surface area is 174 Å². The van der Waals surface area contributed by atoms with Crippen molar-refractivity contribution in [1.29, 1.82) is 0 Å².